The maximum Gasteiger partial charge on any atom is 0.334 e. The van der Waals surface area contributed by atoms with Gasteiger partial charge < -0.3 is 9.84 Å². The number of carbonyl (C=O) groups is 2. The summed E-state index contributed by atoms with van der Waals surface area (Å²) >= 11 is 0. The largest absolute Gasteiger partial charge is 0.458 e. The Morgan fingerprint density at radius 1 is 1.47 bits per heavy atom. The molecular weight excluding hydrogens is 244 g/mol. The van der Waals surface area contributed by atoms with E-state index in [1.807, 2.05) is 13.0 Å². The average Bonchev–Trinajstić information content (AvgIpc) is 2.77. The Labute approximate surface area is 112 Å². The monoisotopic (exact) mass is 262 g/mol. The van der Waals surface area contributed by atoms with E-state index in [0.29, 0.717) is 12.0 Å². The zero-order valence-electron chi connectivity index (χ0n) is 11.1. The lowest BCUT2D eigenvalue weighted by molar-refractivity contribution is -0.140. The maximum absolute atomic E-state index is 12.2. The molecular formula is C15H18O4. The van der Waals surface area contributed by atoms with Crippen molar-refractivity contribution in [2.24, 2.45) is 23.2 Å². The van der Waals surface area contributed by atoms with Gasteiger partial charge in [-0.2, -0.15) is 0 Å². The van der Waals surface area contributed by atoms with Gasteiger partial charge in [0, 0.05) is 5.57 Å². The minimum absolute atomic E-state index is 0.00731. The number of hydrogen-bond acceptors (Lipinski definition) is 4. The van der Waals surface area contributed by atoms with Crippen molar-refractivity contribution in [3.05, 3.63) is 24.3 Å². The van der Waals surface area contributed by atoms with E-state index in [0.717, 1.165) is 0 Å². The van der Waals surface area contributed by atoms with Crippen molar-refractivity contribution >= 4 is 11.8 Å². The van der Waals surface area contributed by atoms with Gasteiger partial charge in [0.15, 0.2) is 5.78 Å². The van der Waals surface area contributed by atoms with Crippen LogP contribution in [0.15, 0.2) is 24.3 Å². The van der Waals surface area contributed by atoms with Crippen molar-refractivity contribution in [1.29, 1.82) is 0 Å². The minimum Gasteiger partial charge on any atom is -0.458 e. The molecule has 1 saturated heterocycles. The number of rotatable bonds is 0. The lowest BCUT2D eigenvalue weighted by Gasteiger charge is -2.37. The molecule has 0 unspecified atom stereocenters. The summed E-state index contributed by atoms with van der Waals surface area (Å²) in [6.07, 6.45) is 2.83. The van der Waals surface area contributed by atoms with E-state index in [2.05, 4.69) is 6.58 Å². The first-order valence-corrected chi connectivity index (χ1v) is 6.68. The number of esters is 1. The average molecular weight is 262 g/mol. The summed E-state index contributed by atoms with van der Waals surface area (Å²) in [6, 6.07) is 0. The van der Waals surface area contributed by atoms with E-state index >= 15 is 0 Å². The number of aliphatic hydroxyl groups is 1. The van der Waals surface area contributed by atoms with Crippen LogP contribution in [0, 0.1) is 23.2 Å². The molecule has 0 aromatic heterocycles. The van der Waals surface area contributed by atoms with Crippen molar-refractivity contribution in [2.45, 2.75) is 32.5 Å². The lowest BCUT2D eigenvalue weighted by atomic mass is 9.67. The third-order valence-corrected chi connectivity index (χ3v) is 5.17. The quantitative estimate of drug-likeness (QED) is 0.527. The zero-order chi connectivity index (χ0) is 13.9. The second kappa shape index (κ2) is 3.79. The van der Waals surface area contributed by atoms with Crippen LogP contribution in [0.4, 0.5) is 0 Å². The second-order valence-corrected chi connectivity index (χ2v) is 6.18. The predicted octanol–water partition coefficient (Wildman–Crippen LogP) is 1.25. The Morgan fingerprint density at radius 2 is 2.16 bits per heavy atom. The summed E-state index contributed by atoms with van der Waals surface area (Å²) in [6.45, 7) is 7.57. The molecule has 4 heteroatoms. The van der Waals surface area contributed by atoms with E-state index < -0.39 is 23.4 Å². The van der Waals surface area contributed by atoms with Crippen molar-refractivity contribution in [1.82, 2.24) is 0 Å². The molecule has 1 aliphatic heterocycles. The molecule has 2 fully saturated rings. The van der Waals surface area contributed by atoms with E-state index in [1.165, 1.54) is 0 Å². The van der Waals surface area contributed by atoms with Crippen LogP contribution in [-0.2, 0) is 14.3 Å². The summed E-state index contributed by atoms with van der Waals surface area (Å²) in [5.41, 5.74) is -0.568. The van der Waals surface area contributed by atoms with Crippen molar-refractivity contribution < 1.29 is 19.4 Å². The van der Waals surface area contributed by atoms with Gasteiger partial charge in [-0.15, -0.1) is 0 Å². The molecule has 1 N–H and O–H groups in total. The molecule has 3 aliphatic rings. The number of fused-ring (bicyclic) bond motifs is 2. The second-order valence-electron chi connectivity index (χ2n) is 6.18. The third kappa shape index (κ3) is 1.43. The maximum atomic E-state index is 12.2. The van der Waals surface area contributed by atoms with Crippen LogP contribution < -0.4 is 0 Å². The first kappa shape index (κ1) is 12.6. The predicted molar refractivity (Wildman–Crippen MR) is 68.0 cm³/mol. The van der Waals surface area contributed by atoms with Crippen molar-refractivity contribution in [3.63, 3.8) is 0 Å². The smallest absolute Gasteiger partial charge is 0.334 e. The molecule has 0 aromatic carbocycles. The van der Waals surface area contributed by atoms with E-state index in [-0.39, 0.29) is 23.7 Å². The molecule has 4 nitrogen and oxygen atoms in total. The number of ether oxygens (including phenoxy) is 1. The van der Waals surface area contributed by atoms with Gasteiger partial charge in [0.05, 0.1) is 17.4 Å². The van der Waals surface area contributed by atoms with Gasteiger partial charge in [0.25, 0.3) is 0 Å². The van der Waals surface area contributed by atoms with Gasteiger partial charge in [0.2, 0.25) is 0 Å². The SMILES string of the molecule is C=C1C(=O)O[C@H]2C[C@H](C)[C@H]3C=CC(=O)[C@]3(C)[C@@H](O)[C@@H]12. The van der Waals surface area contributed by atoms with Crippen LogP contribution in [0.3, 0.4) is 0 Å². The molecule has 0 amide bonds. The van der Waals surface area contributed by atoms with Crippen LogP contribution in [0.5, 0.6) is 0 Å². The Hall–Kier alpha value is -1.42. The zero-order valence-corrected chi connectivity index (χ0v) is 11.1. The fraction of sp³-hybridized carbons (Fsp3) is 0.600. The molecule has 3 rings (SSSR count). The molecule has 0 bridgehead atoms. The van der Waals surface area contributed by atoms with Crippen LogP contribution >= 0.6 is 0 Å². The number of ketones is 1. The number of hydrogen-bond donors (Lipinski definition) is 1. The highest BCUT2D eigenvalue weighted by atomic mass is 16.6. The molecule has 0 radical (unpaired) electrons. The number of carbonyl (C=O) groups excluding carboxylic acids is 2. The molecule has 0 spiro atoms. The number of aliphatic hydroxyl groups excluding tert-OH is 1. The van der Waals surface area contributed by atoms with Crippen LogP contribution in [0.25, 0.3) is 0 Å². The molecule has 2 aliphatic carbocycles. The van der Waals surface area contributed by atoms with E-state index in [9.17, 15) is 14.7 Å². The van der Waals surface area contributed by atoms with E-state index in [4.69, 9.17) is 4.74 Å². The summed E-state index contributed by atoms with van der Waals surface area (Å²) in [5.74, 6) is -0.802. The van der Waals surface area contributed by atoms with Gasteiger partial charge in [-0.1, -0.05) is 19.6 Å². The molecule has 19 heavy (non-hydrogen) atoms. The Kier molecular flexibility index (Phi) is 2.52. The van der Waals surface area contributed by atoms with Crippen molar-refractivity contribution in [2.75, 3.05) is 0 Å². The highest BCUT2D eigenvalue weighted by Crippen LogP contribution is 2.52. The van der Waals surface area contributed by atoms with Gasteiger partial charge >= 0.3 is 5.97 Å². The van der Waals surface area contributed by atoms with Gasteiger partial charge in [0.1, 0.15) is 6.10 Å². The van der Waals surface area contributed by atoms with Crippen LogP contribution in [0.1, 0.15) is 20.3 Å². The molecule has 0 aromatic rings. The first-order valence-electron chi connectivity index (χ1n) is 6.68. The van der Waals surface area contributed by atoms with Gasteiger partial charge in [-0.05, 0) is 31.3 Å². The normalized spacial score (nSPS) is 48.8. The number of allylic oxidation sites excluding steroid dienone is 2. The van der Waals surface area contributed by atoms with Crippen LogP contribution in [0.2, 0.25) is 0 Å². The van der Waals surface area contributed by atoms with E-state index in [1.54, 1.807) is 13.0 Å². The van der Waals surface area contributed by atoms with Crippen molar-refractivity contribution in [3.8, 4) is 0 Å². The highest BCUT2D eigenvalue weighted by molar-refractivity contribution is 5.99. The Balaban J connectivity index is 2.08. The molecule has 1 heterocycles. The van der Waals surface area contributed by atoms with Crippen LogP contribution in [-0.4, -0.2) is 29.1 Å². The van der Waals surface area contributed by atoms with Gasteiger partial charge in [-0.3, -0.25) is 4.79 Å². The standard InChI is InChI=1S/C15H18O4/c1-7-6-10-12(8(2)14(18)19-10)13(17)15(3)9(7)4-5-11(15)16/h4-5,7,9-10,12-13,17H,2,6H2,1,3H3/t7-,9+,10-,12-,13-,15+/m0/s1. The summed E-state index contributed by atoms with van der Waals surface area (Å²) in [4.78, 5) is 23.9. The lowest BCUT2D eigenvalue weighted by Crippen LogP contribution is -2.46. The fourth-order valence-corrected chi connectivity index (χ4v) is 3.98. The van der Waals surface area contributed by atoms with Gasteiger partial charge in [-0.25, -0.2) is 4.79 Å². The molecule has 6 atom stereocenters. The molecule has 1 saturated carbocycles. The minimum atomic E-state index is -0.922. The third-order valence-electron chi connectivity index (χ3n) is 5.17. The Bertz CT molecular complexity index is 506. The first-order chi connectivity index (χ1) is 8.87. The summed E-state index contributed by atoms with van der Waals surface area (Å²) < 4.78 is 5.31. The highest BCUT2D eigenvalue weighted by Gasteiger charge is 2.59. The topological polar surface area (TPSA) is 63.6 Å². The summed E-state index contributed by atoms with van der Waals surface area (Å²) in [7, 11) is 0. The molecule has 102 valence electrons. The summed E-state index contributed by atoms with van der Waals surface area (Å²) in [5, 5.41) is 10.7. The Morgan fingerprint density at radius 3 is 2.84 bits per heavy atom. The fourth-order valence-electron chi connectivity index (χ4n) is 3.98.